The molecule has 0 spiro atoms. The van der Waals surface area contributed by atoms with E-state index in [1.54, 1.807) is 6.07 Å². The van der Waals surface area contributed by atoms with Crippen molar-refractivity contribution in [3.05, 3.63) is 57.8 Å². The summed E-state index contributed by atoms with van der Waals surface area (Å²) in [5, 5.41) is 1.84. The van der Waals surface area contributed by atoms with Gasteiger partial charge in [-0.1, -0.05) is 12.1 Å². The van der Waals surface area contributed by atoms with Crippen LogP contribution in [0.25, 0.3) is 0 Å². The quantitative estimate of drug-likeness (QED) is 0.748. The fraction of sp³-hybridized carbons (Fsp3) is 0.0833. The molecule has 0 aliphatic heterocycles. The smallest absolute Gasteiger partial charge is 0.171 e. The van der Waals surface area contributed by atoms with Gasteiger partial charge in [-0.3, -0.25) is 4.79 Å². The molecule has 0 N–H and O–H groups in total. The molecular formula is C12H8F2OS. The van der Waals surface area contributed by atoms with Gasteiger partial charge in [0, 0.05) is 11.3 Å². The molecule has 0 bridgehead atoms. The Morgan fingerprint density at radius 3 is 2.69 bits per heavy atom. The maximum Gasteiger partial charge on any atom is 0.171 e. The molecule has 0 aliphatic rings. The molecule has 0 amide bonds. The standard InChI is InChI=1S/C12H8F2OS/c13-10-5-1-4-9(12(10)14)11(15)7-8-3-2-6-16-8/h1-6H,7H2. The molecule has 0 saturated carbocycles. The van der Waals surface area contributed by atoms with Crippen LogP contribution in [0.4, 0.5) is 8.78 Å². The van der Waals surface area contributed by atoms with Crippen LogP contribution in [0.1, 0.15) is 15.2 Å². The summed E-state index contributed by atoms with van der Waals surface area (Å²) in [6, 6.07) is 7.24. The lowest BCUT2D eigenvalue weighted by Crippen LogP contribution is -2.06. The van der Waals surface area contributed by atoms with Gasteiger partial charge >= 0.3 is 0 Å². The monoisotopic (exact) mass is 238 g/mol. The number of thiophene rings is 1. The summed E-state index contributed by atoms with van der Waals surface area (Å²) < 4.78 is 26.2. The Morgan fingerprint density at radius 2 is 2.00 bits per heavy atom. The second kappa shape index (κ2) is 4.53. The summed E-state index contributed by atoms with van der Waals surface area (Å²) in [7, 11) is 0. The molecule has 0 radical (unpaired) electrons. The molecule has 16 heavy (non-hydrogen) atoms. The number of rotatable bonds is 3. The van der Waals surface area contributed by atoms with Crippen LogP contribution in [-0.4, -0.2) is 5.78 Å². The summed E-state index contributed by atoms with van der Waals surface area (Å²) in [6.07, 6.45) is 0.109. The Morgan fingerprint density at radius 1 is 1.19 bits per heavy atom. The molecule has 2 rings (SSSR count). The van der Waals surface area contributed by atoms with E-state index in [4.69, 9.17) is 0 Å². The topological polar surface area (TPSA) is 17.1 Å². The van der Waals surface area contributed by atoms with E-state index in [9.17, 15) is 13.6 Å². The lowest BCUT2D eigenvalue weighted by atomic mass is 10.1. The van der Waals surface area contributed by atoms with Crippen LogP contribution in [0.3, 0.4) is 0 Å². The highest BCUT2D eigenvalue weighted by Crippen LogP contribution is 2.16. The lowest BCUT2D eigenvalue weighted by molar-refractivity contribution is 0.0989. The minimum atomic E-state index is -1.07. The van der Waals surface area contributed by atoms with Crippen LogP contribution >= 0.6 is 11.3 Å². The largest absolute Gasteiger partial charge is 0.294 e. The SMILES string of the molecule is O=C(Cc1cccs1)c1cccc(F)c1F. The van der Waals surface area contributed by atoms with Gasteiger partial charge in [-0.15, -0.1) is 11.3 Å². The Labute approximate surface area is 95.4 Å². The van der Waals surface area contributed by atoms with Crippen LogP contribution in [0, 0.1) is 11.6 Å². The predicted molar refractivity (Wildman–Crippen MR) is 58.7 cm³/mol. The third-order valence-corrected chi connectivity index (χ3v) is 3.04. The molecule has 4 heteroatoms. The van der Waals surface area contributed by atoms with Gasteiger partial charge in [-0.2, -0.15) is 0 Å². The maximum atomic E-state index is 13.3. The zero-order valence-corrected chi connectivity index (χ0v) is 9.06. The third kappa shape index (κ3) is 2.17. The van der Waals surface area contributed by atoms with Gasteiger partial charge in [-0.25, -0.2) is 8.78 Å². The van der Waals surface area contributed by atoms with Crippen molar-refractivity contribution >= 4 is 17.1 Å². The number of hydrogen-bond donors (Lipinski definition) is 0. The normalized spacial score (nSPS) is 10.4. The first-order valence-corrected chi connectivity index (χ1v) is 5.56. The molecule has 1 aromatic heterocycles. The average molecular weight is 238 g/mol. The molecule has 0 fully saturated rings. The van der Waals surface area contributed by atoms with E-state index in [2.05, 4.69) is 0 Å². The Kier molecular flexibility index (Phi) is 3.10. The number of carbonyl (C=O) groups excluding carboxylic acids is 1. The van der Waals surface area contributed by atoms with Crippen molar-refractivity contribution in [1.29, 1.82) is 0 Å². The third-order valence-electron chi connectivity index (χ3n) is 2.17. The van der Waals surface area contributed by atoms with Crippen LogP contribution in [0.15, 0.2) is 35.7 Å². The van der Waals surface area contributed by atoms with Gasteiger partial charge in [0.1, 0.15) is 0 Å². The van der Waals surface area contributed by atoms with Gasteiger partial charge in [0.25, 0.3) is 0 Å². The zero-order valence-electron chi connectivity index (χ0n) is 8.24. The van der Waals surface area contributed by atoms with Crippen LogP contribution in [0.5, 0.6) is 0 Å². The van der Waals surface area contributed by atoms with Crippen LogP contribution in [-0.2, 0) is 6.42 Å². The first-order chi connectivity index (χ1) is 7.68. The molecule has 0 aliphatic carbocycles. The molecule has 82 valence electrons. The van der Waals surface area contributed by atoms with Crippen LogP contribution in [0.2, 0.25) is 0 Å². The van der Waals surface area contributed by atoms with Gasteiger partial charge in [-0.05, 0) is 23.6 Å². The number of Topliss-reactive ketones (excluding diaryl/α,β-unsaturated/α-hetero) is 1. The Balaban J connectivity index is 2.24. The van der Waals surface area contributed by atoms with E-state index >= 15 is 0 Å². The number of carbonyl (C=O) groups is 1. The van der Waals surface area contributed by atoms with Crippen molar-refractivity contribution in [3.8, 4) is 0 Å². The Bertz CT molecular complexity index is 506. The Hall–Kier alpha value is -1.55. The van der Waals surface area contributed by atoms with Crippen molar-refractivity contribution in [2.24, 2.45) is 0 Å². The summed E-state index contributed by atoms with van der Waals surface area (Å²) in [5.41, 5.74) is -0.187. The summed E-state index contributed by atoms with van der Waals surface area (Å²) >= 11 is 1.42. The number of halogens is 2. The van der Waals surface area contributed by atoms with Gasteiger partial charge in [0.05, 0.1) is 5.56 Å². The highest BCUT2D eigenvalue weighted by Gasteiger charge is 2.15. The van der Waals surface area contributed by atoms with Gasteiger partial charge < -0.3 is 0 Å². The fourth-order valence-corrected chi connectivity index (χ4v) is 2.09. The summed E-state index contributed by atoms with van der Waals surface area (Å²) in [5.74, 6) is -2.46. The molecule has 0 unspecified atom stereocenters. The lowest BCUT2D eigenvalue weighted by Gasteiger charge is -2.01. The van der Waals surface area contributed by atoms with Crippen molar-refractivity contribution in [3.63, 3.8) is 0 Å². The van der Waals surface area contributed by atoms with Crippen molar-refractivity contribution in [2.45, 2.75) is 6.42 Å². The number of ketones is 1. The highest BCUT2D eigenvalue weighted by molar-refractivity contribution is 7.10. The molecule has 2 aromatic rings. The summed E-state index contributed by atoms with van der Waals surface area (Å²) in [4.78, 5) is 12.5. The fourth-order valence-electron chi connectivity index (χ4n) is 1.39. The number of hydrogen-bond acceptors (Lipinski definition) is 2. The van der Waals surface area contributed by atoms with Crippen LogP contribution < -0.4 is 0 Å². The molecule has 1 heterocycles. The van der Waals surface area contributed by atoms with E-state index in [0.29, 0.717) is 0 Å². The molecule has 1 nitrogen and oxygen atoms in total. The highest BCUT2D eigenvalue weighted by atomic mass is 32.1. The molecular weight excluding hydrogens is 230 g/mol. The number of benzene rings is 1. The second-order valence-corrected chi connectivity index (χ2v) is 4.31. The minimum Gasteiger partial charge on any atom is -0.294 e. The molecule has 0 saturated heterocycles. The average Bonchev–Trinajstić information content (AvgIpc) is 2.74. The van der Waals surface area contributed by atoms with Crippen molar-refractivity contribution < 1.29 is 13.6 Å². The van der Waals surface area contributed by atoms with Gasteiger partial charge in [0.15, 0.2) is 17.4 Å². The van der Waals surface area contributed by atoms with Gasteiger partial charge in [0.2, 0.25) is 0 Å². The molecule has 0 atom stereocenters. The first kappa shape index (κ1) is 11.0. The van der Waals surface area contributed by atoms with E-state index < -0.39 is 17.4 Å². The van der Waals surface area contributed by atoms with E-state index in [1.165, 1.54) is 23.5 Å². The van der Waals surface area contributed by atoms with E-state index in [0.717, 1.165) is 10.9 Å². The van der Waals surface area contributed by atoms with E-state index in [-0.39, 0.29) is 12.0 Å². The summed E-state index contributed by atoms with van der Waals surface area (Å²) in [6.45, 7) is 0. The maximum absolute atomic E-state index is 13.3. The zero-order chi connectivity index (χ0) is 11.5. The predicted octanol–water partition coefficient (Wildman–Crippen LogP) is 3.45. The van der Waals surface area contributed by atoms with E-state index in [1.807, 2.05) is 11.4 Å². The molecule has 1 aromatic carbocycles. The first-order valence-electron chi connectivity index (χ1n) is 4.68. The minimum absolute atomic E-state index is 0.109. The van der Waals surface area contributed by atoms with Crippen molar-refractivity contribution in [1.82, 2.24) is 0 Å². The second-order valence-electron chi connectivity index (χ2n) is 3.28. The van der Waals surface area contributed by atoms with Crippen molar-refractivity contribution in [2.75, 3.05) is 0 Å².